The summed E-state index contributed by atoms with van der Waals surface area (Å²) in [7, 11) is -3.40. The monoisotopic (exact) mass is 256 g/mol. The largest absolute Gasteiger partial charge is 0.396 e. The van der Waals surface area contributed by atoms with Gasteiger partial charge in [-0.15, -0.1) is 0 Å². The zero-order chi connectivity index (χ0) is 12.3. The highest BCUT2D eigenvalue weighted by molar-refractivity contribution is 7.89. The first-order chi connectivity index (χ1) is 8.14. The van der Waals surface area contributed by atoms with E-state index in [1.54, 1.807) is 18.3 Å². The molecule has 94 valence electrons. The zero-order valence-electron chi connectivity index (χ0n) is 9.49. The predicted molar refractivity (Wildman–Crippen MR) is 62.8 cm³/mol. The lowest BCUT2D eigenvalue weighted by Gasteiger charge is -2.16. The summed E-state index contributed by atoms with van der Waals surface area (Å²) in [5, 5.41) is 8.85. The third-order valence-corrected chi connectivity index (χ3v) is 4.91. The highest BCUT2D eigenvalue weighted by atomic mass is 32.2. The molecule has 1 fully saturated rings. The maximum Gasteiger partial charge on any atom is 0.244 e. The van der Waals surface area contributed by atoms with E-state index >= 15 is 0 Å². The van der Waals surface area contributed by atoms with E-state index in [2.05, 4.69) is 4.98 Å². The average molecular weight is 256 g/mol. The molecule has 2 rings (SSSR count). The minimum Gasteiger partial charge on any atom is -0.396 e. The van der Waals surface area contributed by atoms with Gasteiger partial charge in [-0.25, -0.2) is 8.42 Å². The van der Waals surface area contributed by atoms with Gasteiger partial charge in [0.1, 0.15) is 4.90 Å². The Hall–Kier alpha value is -0.980. The first-order valence-electron chi connectivity index (χ1n) is 5.65. The van der Waals surface area contributed by atoms with E-state index < -0.39 is 10.0 Å². The molecule has 6 heteroatoms. The average Bonchev–Trinajstić information content (AvgIpc) is 2.80. The highest BCUT2D eigenvalue weighted by Gasteiger charge is 2.32. The molecule has 2 heterocycles. The molecule has 0 radical (unpaired) electrons. The fourth-order valence-corrected chi connectivity index (χ4v) is 3.58. The van der Waals surface area contributed by atoms with Crippen molar-refractivity contribution in [3.63, 3.8) is 0 Å². The summed E-state index contributed by atoms with van der Waals surface area (Å²) in [6.45, 7) is 1.14. The van der Waals surface area contributed by atoms with E-state index in [4.69, 9.17) is 5.11 Å². The molecule has 0 bridgehead atoms. The van der Waals surface area contributed by atoms with Gasteiger partial charge in [0.05, 0.1) is 0 Å². The molecule has 1 aromatic rings. The summed E-state index contributed by atoms with van der Waals surface area (Å²) < 4.78 is 25.9. The molecule has 1 aromatic heterocycles. The Morgan fingerprint density at radius 3 is 3.00 bits per heavy atom. The molecule has 17 heavy (non-hydrogen) atoms. The van der Waals surface area contributed by atoms with Crippen molar-refractivity contribution < 1.29 is 13.5 Å². The molecule has 1 unspecified atom stereocenters. The van der Waals surface area contributed by atoms with Gasteiger partial charge in [0, 0.05) is 32.1 Å². The smallest absolute Gasteiger partial charge is 0.244 e. The van der Waals surface area contributed by atoms with Crippen molar-refractivity contribution in [1.82, 2.24) is 9.29 Å². The maximum absolute atomic E-state index is 12.2. The second-order valence-corrected chi connectivity index (χ2v) is 6.16. The summed E-state index contributed by atoms with van der Waals surface area (Å²) in [6.07, 6.45) is 4.41. The normalized spacial score (nSPS) is 21.8. The van der Waals surface area contributed by atoms with Gasteiger partial charge in [0.25, 0.3) is 0 Å². The number of aliphatic hydroxyl groups excluding tert-OH is 1. The Balaban J connectivity index is 2.13. The van der Waals surface area contributed by atoms with Crippen LogP contribution >= 0.6 is 0 Å². The molecule has 5 nitrogen and oxygen atoms in total. The van der Waals surface area contributed by atoms with Gasteiger partial charge in [0.2, 0.25) is 10.0 Å². The zero-order valence-corrected chi connectivity index (χ0v) is 10.3. The van der Waals surface area contributed by atoms with Gasteiger partial charge >= 0.3 is 0 Å². The van der Waals surface area contributed by atoms with Crippen LogP contribution in [0.2, 0.25) is 0 Å². The predicted octanol–water partition coefficient (Wildman–Crippen LogP) is 0.475. The number of nitrogens with zero attached hydrogens (tertiary/aromatic N) is 2. The second-order valence-electron chi connectivity index (χ2n) is 4.22. The summed E-state index contributed by atoms with van der Waals surface area (Å²) >= 11 is 0. The van der Waals surface area contributed by atoms with Crippen molar-refractivity contribution in [3.05, 3.63) is 24.5 Å². The number of sulfonamides is 1. The molecule has 1 aliphatic heterocycles. The van der Waals surface area contributed by atoms with E-state index in [9.17, 15) is 8.42 Å². The molecule has 1 N–H and O–H groups in total. The Morgan fingerprint density at radius 2 is 2.35 bits per heavy atom. The minimum atomic E-state index is -3.40. The van der Waals surface area contributed by atoms with Gasteiger partial charge in [0.15, 0.2) is 0 Å². The molecule has 0 aromatic carbocycles. The van der Waals surface area contributed by atoms with E-state index in [0.29, 0.717) is 19.5 Å². The van der Waals surface area contributed by atoms with E-state index in [1.165, 1.54) is 10.5 Å². The van der Waals surface area contributed by atoms with E-state index in [0.717, 1.165) is 6.42 Å². The Bertz CT molecular complexity index is 461. The van der Waals surface area contributed by atoms with E-state index in [1.807, 2.05) is 0 Å². The fraction of sp³-hybridized carbons (Fsp3) is 0.545. The maximum atomic E-state index is 12.2. The quantitative estimate of drug-likeness (QED) is 0.850. The van der Waals surface area contributed by atoms with Crippen LogP contribution < -0.4 is 0 Å². The highest BCUT2D eigenvalue weighted by Crippen LogP contribution is 2.25. The van der Waals surface area contributed by atoms with Crippen LogP contribution in [0.25, 0.3) is 0 Å². The van der Waals surface area contributed by atoms with Crippen LogP contribution in [0.1, 0.15) is 12.8 Å². The topological polar surface area (TPSA) is 70.5 Å². The van der Waals surface area contributed by atoms with Crippen molar-refractivity contribution in [3.8, 4) is 0 Å². The van der Waals surface area contributed by atoms with Crippen LogP contribution in [-0.2, 0) is 10.0 Å². The number of pyridine rings is 1. The van der Waals surface area contributed by atoms with Crippen molar-refractivity contribution in [2.45, 2.75) is 17.7 Å². The van der Waals surface area contributed by atoms with Gasteiger partial charge in [-0.3, -0.25) is 4.98 Å². The summed E-state index contributed by atoms with van der Waals surface area (Å²) in [5.41, 5.74) is 0. The lowest BCUT2D eigenvalue weighted by atomic mass is 10.1. The molecule has 1 atom stereocenters. The second kappa shape index (κ2) is 5.12. The van der Waals surface area contributed by atoms with Crippen LogP contribution in [0.5, 0.6) is 0 Å². The number of aromatic nitrogens is 1. The van der Waals surface area contributed by atoms with Crippen molar-refractivity contribution in [2.24, 2.45) is 5.92 Å². The third-order valence-electron chi connectivity index (χ3n) is 3.06. The van der Waals surface area contributed by atoms with Crippen molar-refractivity contribution in [2.75, 3.05) is 19.7 Å². The number of hydrogen-bond donors (Lipinski definition) is 1. The summed E-state index contributed by atoms with van der Waals surface area (Å²) in [4.78, 5) is 4.07. The molecule has 0 amide bonds. The van der Waals surface area contributed by atoms with Gasteiger partial charge < -0.3 is 5.11 Å². The number of aliphatic hydroxyl groups is 1. The lowest BCUT2D eigenvalue weighted by molar-refractivity contribution is 0.259. The Labute approximate surface area is 101 Å². The molecule has 1 aliphatic rings. The van der Waals surface area contributed by atoms with Crippen molar-refractivity contribution in [1.29, 1.82) is 0 Å². The van der Waals surface area contributed by atoms with Crippen LogP contribution in [0.15, 0.2) is 29.4 Å². The number of hydrogen-bond acceptors (Lipinski definition) is 4. The summed E-state index contributed by atoms with van der Waals surface area (Å²) in [6, 6.07) is 3.18. The Kier molecular flexibility index (Phi) is 3.76. The van der Waals surface area contributed by atoms with E-state index in [-0.39, 0.29) is 17.4 Å². The first-order valence-corrected chi connectivity index (χ1v) is 7.09. The molecule has 0 aliphatic carbocycles. The first kappa shape index (κ1) is 12.5. The summed E-state index contributed by atoms with van der Waals surface area (Å²) in [5.74, 6) is 0.270. The van der Waals surface area contributed by atoms with Gasteiger partial charge in [-0.05, 0) is 30.9 Å². The molecular formula is C11H16N2O3S. The fourth-order valence-electron chi connectivity index (χ4n) is 2.08. The van der Waals surface area contributed by atoms with Crippen LogP contribution in [0.4, 0.5) is 0 Å². The third kappa shape index (κ3) is 2.65. The van der Waals surface area contributed by atoms with Gasteiger partial charge in [-0.1, -0.05) is 0 Å². The SMILES string of the molecule is O=S(=O)(c1cccnc1)N1CCC(CCO)C1. The molecule has 0 saturated carbocycles. The Morgan fingerprint density at radius 1 is 1.53 bits per heavy atom. The molecular weight excluding hydrogens is 240 g/mol. The van der Waals surface area contributed by atoms with Crippen LogP contribution in [0, 0.1) is 5.92 Å². The van der Waals surface area contributed by atoms with Crippen molar-refractivity contribution >= 4 is 10.0 Å². The van der Waals surface area contributed by atoms with Gasteiger partial charge in [-0.2, -0.15) is 4.31 Å². The standard InChI is InChI=1S/C11H16N2O3S/c14-7-4-10-3-6-13(9-10)17(15,16)11-2-1-5-12-8-11/h1-2,5,8,10,14H,3-4,6-7,9H2. The van der Waals surface area contributed by atoms with Crippen LogP contribution in [0.3, 0.4) is 0 Å². The minimum absolute atomic E-state index is 0.117. The number of rotatable bonds is 4. The van der Waals surface area contributed by atoms with Crippen LogP contribution in [-0.4, -0.2) is 42.5 Å². The lowest BCUT2D eigenvalue weighted by Crippen LogP contribution is -2.29. The molecule has 0 spiro atoms. The molecule has 1 saturated heterocycles.